The molecule has 128 valence electrons. The van der Waals surface area contributed by atoms with Crippen LogP contribution in [0.4, 0.5) is 22.7 Å². The van der Waals surface area contributed by atoms with Crippen LogP contribution in [0, 0.1) is 20.2 Å². The normalized spacial score (nSPS) is 9.96. The van der Waals surface area contributed by atoms with Crippen LogP contribution in [0.2, 0.25) is 0 Å². The molecule has 0 saturated carbocycles. The van der Waals surface area contributed by atoms with Crippen molar-refractivity contribution in [3.05, 3.63) is 68.3 Å². The van der Waals surface area contributed by atoms with Crippen molar-refractivity contribution in [1.82, 2.24) is 0 Å². The smallest absolute Gasteiger partial charge is 0.277 e. The van der Waals surface area contributed by atoms with Gasteiger partial charge in [0.15, 0.2) is 0 Å². The van der Waals surface area contributed by atoms with Crippen molar-refractivity contribution in [3.8, 4) is 0 Å². The third-order valence-electron chi connectivity index (χ3n) is 3.03. The Morgan fingerprint density at radius 3 is 1.88 bits per heavy atom. The molecule has 0 heterocycles. The number of hydrogen-bond acceptors (Lipinski definition) is 6. The number of rotatable bonds is 5. The van der Waals surface area contributed by atoms with E-state index in [1.165, 1.54) is 19.1 Å². The molecule has 0 atom stereocenters. The van der Waals surface area contributed by atoms with Gasteiger partial charge in [0.1, 0.15) is 0 Å². The van der Waals surface area contributed by atoms with Gasteiger partial charge in [-0.25, -0.2) is 0 Å². The van der Waals surface area contributed by atoms with Gasteiger partial charge in [0.2, 0.25) is 5.91 Å². The van der Waals surface area contributed by atoms with Gasteiger partial charge in [-0.1, -0.05) is 6.07 Å². The highest BCUT2D eigenvalue weighted by Crippen LogP contribution is 2.24. The first-order valence-corrected chi connectivity index (χ1v) is 6.89. The number of anilines is 2. The maximum absolute atomic E-state index is 12.3. The summed E-state index contributed by atoms with van der Waals surface area (Å²) in [4.78, 5) is 43.4. The van der Waals surface area contributed by atoms with E-state index in [-0.39, 0.29) is 11.5 Å². The lowest BCUT2D eigenvalue weighted by molar-refractivity contribution is -0.394. The highest BCUT2D eigenvalue weighted by atomic mass is 16.6. The van der Waals surface area contributed by atoms with Crippen LogP contribution in [0.3, 0.4) is 0 Å². The molecule has 2 N–H and O–H groups in total. The largest absolute Gasteiger partial charge is 0.326 e. The first-order chi connectivity index (χ1) is 11.8. The molecule has 0 aliphatic carbocycles. The van der Waals surface area contributed by atoms with Crippen molar-refractivity contribution in [2.45, 2.75) is 6.92 Å². The van der Waals surface area contributed by atoms with Gasteiger partial charge in [-0.15, -0.1) is 0 Å². The van der Waals surface area contributed by atoms with E-state index in [1.54, 1.807) is 12.1 Å². The number of carbonyl (C=O) groups excluding carboxylic acids is 2. The number of hydrogen-bond donors (Lipinski definition) is 2. The molecule has 0 unspecified atom stereocenters. The first kappa shape index (κ1) is 17.5. The fraction of sp³-hybridized carbons (Fsp3) is 0.0667. The molecule has 0 bridgehead atoms. The average Bonchev–Trinajstić information content (AvgIpc) is 2.54. The SMILES string of the molecule is CC(=O)Nc1cccc(NC(=O)c2cc([N+](=O)[O-])cc([N+](=O)[O-])c2)c1. The Labute approximate surface area is 140 Å². The van der Waals surface area contributed by atoms with Crippen molar-refractivity contribution in [2.24, 2.45) is 0 Å². The summed E-state index contributed by atoms with van der Waals surface area (Å²) < 4.78 is 0. The monoisotopic (exact) mass is 344 g/mol. The van der Waals surface area contributed by atoms with E-state index in [1.807, 2.05) is 0 Å². The molecule has 2 rings (SSSR count). The Kier molecular flexibility index (Phi) is 5.03. The zero-order valence-corrected chi connectivity index (χ0v) is 12.9. The van der Waals surface area contributed by atoms with E-state index >= 15 is 0 Å². The summed E-state index contributed by atoms with van der Waals surface area (Å²) in [5.74, 6) is -1.05. The van der Waals surface area contributed by atoms with Crippen LogP contribution in [-0.2, 0) is 4.79 Å². The van der Waals surface area contributed by atoms with Gasteiger partial charge in [0.25, 0.3) is 17.3 Å². The number of non-ortho nitro benzene ring substituents is 2. The number of nitro benzene ring substituents is 2. The molecule has 25 heavy (non-hydrogen) atoms. The quantitative estimate of drug-likeness (QED) is 0.630. The highest BCUT2D eigenvalue weighted by Gasteiger charge is 2.20. The number of benzene rings is 2. The van der Waals surface area contributed by atoms with Crippen molar-refractivity contribution >= 4 is 34.6 Å². The molecule has 10 nitrogen and oxygen atoms in total. The minimum Gasteiger partial charge on any atom is -0.326 e. The summed E-state index contributed by atoms with van der Waals surface area (Å²) in [5, 5.41) is 26.7. The van der Waals surface area contributed by atoms with Crippen LogP contribution >= 0.6 is 0 Å². The molecule has 0 radical (unpaired) electrons. The third kappa shape index (κ3) is 4.58. The number of carbonyl (C=O) groups is 2. The first-order valence-electron chi connectivity index (χ1n) is 6.89. The molecular formula is C15H12N4O6. The predicted octanol–water partition coefficient (Wildman–Crippen LogP) is 2.71. The number of amides is 2. The zero-order chi connectivity index (χ0) is 18.6. The van der Waals surface area contributed by atoms with E-state index in [0.29, 0.717) is 11.4 Å². The zero-order valence-electron chi connectivity index (χ0n) is 12.9. The van der Waals surface area contributed by atoms with Crippen LogP contribution in [0.15, 0.2) is 42.5 Å². The maximum atomic E-state index is 12.3. The fourth-order valence-corrected chi connectivity index (χ4v) is 2.02. The average molecular weight is 344 g/mol. The number of nitrogens with one attached hydrogen (secondary N) is 2. The van der Waals surface area contributed by atoms with Gasteiger partial charge < -0.3 is 10.6 Å². The van der Waals surface area contributed by atoms with E-state index in [2.05, 4.69) is 10.6 Å². The van der Waals surface area contributed by atoms with Gasteiger partial charge >= 0.3 is 0 Å². The molecule has 0 aromatic heterocycles. The van der Waals surface area contributed by atoms with E-state index in [9.17, 15) is 29.8 Å². The summed E-state index contributed by atoms with van der Waals surface area (Å²) >= 11 is 0. The van der Waals surface area contributed by atoms with E-state index < -0.39 is 27.1 Å². The summed E-state index contributed by atoms with van der Waals surface area (Å²) in [7, 11) is 0. The minimum absolute atomic E-state index is 0.231. The lowest BCUT2D eigenvalue weighted by Gasteiger charge is -2.08. The number of nitro groups is 2. The lowest BCUT2D eigenvalue weighted by atomic mass is 10.1. The highest BCUT2D eigenvalue weighted by molar-refractivity contribution is 6.05. The van der Waals surface area contributed by atoms with Crippen molar-refractivity contribution < 1.29 is 19.4 Å². The summed E-state index contributed by atoms with van der Waals surface area (Å²) in [6.07, 6.45) is 0. The van der Waals surface area contributed by atoms with Crippen LogP contribution in [0.5, 0.6) is 0 Å². The van der Waals surface area contributed by atoms with E-state index in [0.717, 1.165) is 18.2 Å². The molecule has 0 aliphatic heterocycles. The van der Waals surface area contributed by atoms with Crippen LogP contribution in [0.1, 0.15) is 17.3 Å². The maximum Gasteiger partial charge on any atom is 0.277 e. The van der Waals surface area contributed by atoms with Gasteiger partial charge in [0.05, 0.1) is 21.5 Å². The molecule has 10 heteroatoms. The summed E-state index contributed by atoms with van der Waals surface area (Å²) in [6, 6.07) is 8.86. The molecule has 0 fully saturated rings. The van der Waals surface area contributed by atoms with Gasteiger partial charge in [-0.3, -0.25) is 29.8 Å². The fourth-order valence-electron chi connectivity index (χ4n) is 2.02. The van der Waals surface area contributed by atoms with Gasteiger partial charge in [-0.2, -0.15) is 0 Å². The van der Waals surface area contributed by atoms with Crippen molar-refractivity contribution in [3.63, 3.8) is 0 Å². The standard InChI is InChI=1S/C15H12N4O6/c1-9(20)16-11-3-2-4-12(7-11)17-15(21)10-5-13(18(22)23)8-14(6-10)19(24)25/h2-8H,1H3,(H,16,20)(H,17,21). The second-order valence-electron chi connectivity index (χ2n) is 4.97. The predicted molar refractivity (Wildman–Crippen MR) is 88.4 cm³/mol. The topological polar surface area (TPSA) is 144 Å². The summed E-state index contributed by atoms with van der Waals surface area (Å²) in [5.41, 5.74) is -0.607. The third-order valence-corrected chi connectivity index (χ3v) is 3.03. The Morgan fingerprint density at radius 1 is 0.880 bits per heavy atom. The van der Waals surface area contributed by atoms with E-state index in [4.69, 9.17) is 0 Å². The van der Waals surface area contributed by atoms with Crippen molar-refractivity contribution in [1.29, 1.82) is 0 Å². The molecule has 0 saturated heterocycles. The Morgan fingerprint density at radius 2 is 1.40 bits per heavy atom. The summed E-state index contributed by atoms with van der Waals surface area (Å²) in [6.45, 7) is 1.33. The molecular weight excluding hydrogens is 332 g/mol. The van der Waals surface area contributed by atoms with Gasteiger partial charge in [-0.05, 0) is 18.2 Å². The Balaban J connectivity index is 2.30. The second-order valence-corrected chi connectivity index (χ2v) is 4.97. The number of nitrogens with zero attached hydrogens (tertiary/aromatic N) is 2. The molecule has 0 aliphatic rings. The molecule has 2 amide bonds. The molecule has 2 aromatic rings. The molecule has 2 aromatic carbocycles. The van der Waals surface area contributed by atoms with Gasteiger partial charge in [0, 0.05) is 30.4 Å². The molecule has 0 spiro atoms. The van der Waals surface area contributed by atoms with Crippen LogP contribution in [-0.4, -0.2) is 21.7 Å². The lowest BCUT2D eigenvalue weighted by Crippen LogP contribution is -2.13. The van der Waals surface area contributed by atoms with Crippen LogP contribution < -0.4 is 10.6 Å². The Hall–Kier alpha value is -3.82. The second kappa shape index (κ2) is 7.17. The van der Waals surface area contributed by atoms with Crippen molar-refractivity contribution in [2.75, 3.05) is 10.6 Å². The van der Waals surface area contributed by atoms with Crippen LogP contribution in [0.25, 0.3) is 0 Å². The minimum atomic E-state index is -0.818. The Bertz CT molecular complexity index is 848.